The van der Waals surface area contributed by atoms with Gasteiger partial charge < -0.3 is 14.8 Å². The number of hydrogen-bond acceptors (Lipinski definition) is 4. The summed E-state index contributed by atoms with van der Waals surface area (Å²) in [6.45, 7) is 6.13. The molecule has 1 aromatic carbocycles. The lowest BCUT2D eigenvalue weighted by Gasteiger charge is -2.23. The van der Waals surface area contributed by atoms with Gasteiger partial charge in [0.25, 0.3) is 11.8 Å². The number of nitrogens with one attached hydrogen (secondary N) is 1. The number of rotatable bonds is 7. The molecule has 7 heteroatoms. The Bertz CT molecular complexity index is 935. The highest BCUT2D eigenvalue weighted by atomic mass is 16.2. The first-order valence-electron chi connectivity index (χ1n) is 10.3. The van der Waals surface area contributed by atoms with Crippen molar-refractivity contribution >= 4 is 17.5 Å². The van der Waals surface area contributed by atoms with E-state index >= 15 is 0 Å². The number of hydrogen-bond donors (Lipinski definition) is 1. The lowest BCUT2D eigenvalue weighted by atomic mass is 10.1. The van der Waals surface area contributed by atoms with E-state index in [-0.39, 0.29) is 17.5 Å². The third-order valence-corrected chi connectivity index (χ3v) is 5.09. The number of aromatic nitrogens is 2. The van der Waals surface area contributed by atoms with Crippen molar-refractivity contribution < 1.29 is 9.59 Å². The minimum absolute atomic E-state index is 0.117. The van der Waals surface area contributed by atoms with E-state index in [2.05, 4.69) is 16.4 Å². The van der Waals surface area contributed by atoms with E-state index in [4.69, 9.17) is 0 Å². The predicted octanol–water partition coefficient (Wildman–Crippen LogP) is 3.61. The van der Waals surface area contributed by atoms with Crippen molar-refractivity contribution in [2.75, 3.05) is 18.4 Å². The molecule has 0 unspecified atom stereocenters. The number of carbonyl (C=O) groups excluding carboxylic acids is 2. The van der Waals surface area contributed by atoms with Gasteiger partial charge in [0, 0.05) is 19.6 Å². The molecule has 1 aliphatic rings. The summed E-state index contributed by atoms with van der Waals surface area (Å²) in [5.41, 5.74) is 1.93. The molecule has 0 fully saturated rings. The average Bonchev–Trinajstić information content (AvgIpc) is 3.13. The van der Waals surface area contributed by atoms with Gasteiger partial charge >= 0.3 is 0 Å². The molecule has 0 atom stereocenters. The third kappa shape index (κ3) is 4.32. The van der Waals surface area contributed by atoms with Crippen molar-refractivity contribution in [3.05, 3.63) is 47.0 Å². The molecule has 0 saturated heterocycles. The Kier molecular flexibility index (Phi) is 6.65. The maximum Gasteiger partial charge on any atom is 0.289 e. The van der Waals surface area contributed by atoms with Crippen LogP contribution in [0.2, 0.25) is 0 Å². The number of fused-ring (bicyclic) bond motifs is 1. The van der Waals surface area contributed by atoms with E-state index in [1.165, 1.54) is 0 Å². The molecule has 0 saturated carbocycles. The number of para-hydroxylation sites is 1. The van der Waals surface area contributed by atoms with Gasteiger partial charge in [-0.2, -0.15) is 5.26 Å². The molecular weight excluding hydrogens is 366 g/mol. The van der Waals surface area contributed by atoms with E-state index < -0.39 is 0 Å². The molecule has 29 heavy (non-hydrogen) atoms. The van der Waals surface area contributed by atoms with Gasteiger partial charge in [0.2, 0.25) is 0 Å². The van der Waals surface area contributed by atoms with Gasteiger partial charge in [-0.05, 0) is 44.2 Å². The number of benzene rings is 1. The van der Waals surface area contributed by atoms with Gasteiger partial charge in [0.15, 0.2) is 11.5 Å². The summed E-state index contributed by atoms with van der Waals surface area (Å²) in [5.74, 6) is -0.149. The first-order valence-corrected chi connectivity index (χ1v) is 10.3. The quantitative estimate of drug-likeness (QED) is 0.778. The predicted molar refractivity (Wildman–Crippen MR) is 111 cm³/mol. The molecule has 0 bridgehead atoms. The SMILES string of the molecule is CCCN(CCC)C(=O)c1nc(C(=O)Nc2ccccc2C#N)c2n1CCCC2. The topological polar surface area (TPSA) is 91.0 Å². The summed E-state index contributed by atoms with van der Waals surface area (Å²) in [6, 6.07) is 8.94. The van der Waals surface area contributed by atoms with Crippen LogP contribution in [-0.4, -0.2) is 39.4 Å². The largest absolute Gasteiger partial charge is 0.336 e. The van der Waals surface area contributed by atoms with Crippen LogP contribution in [0.5, 0.6) is 0 Å². The Morgan fingerprint density at radius 2 is 1.93 bits per heavy atom. The van der Waals surface area contributed by atoms with Crippen LogP contribution in [0.1, 0.15) is 71.9 Å². The maximum atomic E-state index is 13.2. The van der Waals surface area contributed by atoms with Crippen LogP contribution in [0, 0.1) is 11.3 Å². The summed E-state index contributed by atoms with van der Waals surface area (Å²) in [6.07, 6.45) is 4.38. The van der Waals surface area contributed by atoms with E-state index in [1.54, 1.807) is 24.3 Å². The van der Waals surface area contributed by atoms with Crippen molar-refractivity contribution in [1.82, 2.24) is 14.5 Å². The Morgan fingerprint density at radius 1 is 1.21 bits per heavy atom. The van der Waals surface area contributed by atoms with Crippen LogP contribution in [-0.2, 0) is 13.0 Å². The van der Waals surface area contributed by atoms with Gasteiger partial charge in [-0.15, -0.1) is 0 Å². The Hall–Kier alpha value is -3.14. The van der Waals surface area contributed by atoms with Gasteiger partial charge in [-0.3, -0.25) is 9.59 Å². The fourth-order valence-electron chi connectivity index (χ4n) is 3.76. The molecule has 7 nitrogen and oxygen atoms in total. The number of nitriles is 1. The molecule has 1 aromatic heterocycles. The van der Waals surface area contributed by atoms with Crippen molar-refractivity contribution in [1.29, 1.82) is 5.26 Å². The first-order chi connectivity index (χ1) is 14.1. The van der Waals surface area contributed by atoms with Crippen molar-refractivity contribution in [3.63, 3.8) is 0 Å². The molecule has 1 N–H and O–H groups in total. The molecule has 2 heterocycles. The zero-order valence-corrected chi connectivity index (χ0v) is 17.1. The zero-order valence-electron chi connectivity index (χ0n) is 17.1. The van der Waals surface area contributed by atoms with Crippen molar-refractivity contribution in [2.45, 2.75) is 52.5 Å². The van der Waals surface area contributed by atoms with E-state index in [0.29, 0.717) is 43.1 Å². The molecule has 0 aliphatic carbocycles. The average molecular weight is 393 g/mol. The highest BCUT2D eigenvalue weighted by Gasteiger charge is 2.29. The van der Waals surface area contributed by atoms with Crippen LogP contribution >= 0.6 is 0 Å². The number of nitrogens with zero attached hydrogens (tertiary/aromatic N) is 4. The summed E-state index contributed by atoms with van der Waals surface area (Å²) in [7, 11) is 0. The highest BCUT2D eigenvalue weighted by molar-refractivity contribution is 6.05. The standard InChI is InChI=1S/C22H27N5O2/c1-3-12-26(13-4-2)22(29)20-25-19(18-11-7-8-14-27(18)20)21(28)24-17-10-6-5-9-16(17)15-23/h5-6,9-10H,3-4,7-8,11-14H2,1-2H3,(H,24,28). The van der Waals surface area contributed by atoms with Gasteiger partial charge in [0.1, 0.15) is 6.07 Å². The van der Waals surface area contributed by atoms with E-state index in [9.17, 15) is 14.9 Å². The van der Waals surface area contributed by atoms with Crippen LogP contribution in [0.25, 0.3) is 0 Å². The summed E-state index contributed by atoms with van der Waals surface area (Å²) in [4.78, 5) is 32.5. The van der Waals surface area contributed by atoms with Crippen molar-refractivity contribution in [2.24, 2.45) is 0 Å². The van der Waals surface area contributed by atoms with E-state index in [1.807, 2.05) is 23.3 Å². The van der Waals surface area contributed by atoms with E-state index in [0.717, 1.165) is 31.4 Å². The fourth-order valence-corrected chi connectivity index (χ4v) is 3.76. The van der Waals surface area contributed by atoms with Crippen LogP contribution in [0.15, 0.2) is 24.3 Å². The maximum absolute atomic E-state index is 13.2. The Morgan fingerprint density at radius 3 is 2.62 bits per heavy atom. The Labute approximate surface area is 171 Å². The zero-order chi connectivity index (χ0) is 20.8. The second-order valence-corrected chi connectivity index (χ2v) is 7.24. The monoisotopic (exact) mass is 393 g/mol. The normalized spacial score (nSPS) is 12.7. The molecule has 2 aromatic rings. The molecule has 2 amide bonds. The third-order valence-electron chi connectivity index (χ3n) is 5.09. The van der Waals surface area contributed by atoms with Crippen LogP contribution in [0.3, 0.4) is 0 Å². The molecule has 0 radical (unpaired) electrons. The summed E-state index contributed by atoms with van der Waals surface area (Å²) < 4.78 is 1.91. The smallest absolute Gasteiger partial charge is 0.289 e. The first kappa shape index (κ1) is 20.6. The fraction of sp³-hybridized carbons (Fsp3) is 0.455. The van der Waals surface area contributed by atoms with Gasteiger partial charge in [0.05, 0.1) is 16.9 Å². The number of imidazole rings is 1. The molecule has 152 valence electrons. The minimum Gasteiger partial charge on any atom is -0.336 e. The highest BCUT2D eigenvalue weighted by Crippen LogP contribution is 2.24. The van der Waals surface area contributed by atoms with Gasteiger partial charge in [-0.1, -0.05) is 26.0 Å². The molecule has 1 aliphatic heterocycles. The summed E-state index contributed by atoms with van der Waals surface area (Å²) in [5, 5.41) is 12.1. The molecule has 0 spiro atoms. The minimum atomic E-state index is -0.380. The number of amides is 2. The van der Waals surface area contributed by atoms with Gasteiger partial charge in [-0.25, -0.2) is 4.98 Å². The molecular formula is C22H27N5O2. The lowest BCUT2D eigenvalue weighted by Crippen LogP contribution is -2.35. The second-order valence-electron chi connectivity index (χ2n) is 7.24. The second kappa shape index (κ2) is 9.37. The Balaban J connectivity index is 1.95. The summed E-state index contributed by atoms with van der Waals surface area (Å²) >= 11 is 0. The van der Waals surface area contributed by atoms with Crippen molar-refractivity contribution in [3.8, 4) is 6.07 Å². The van der Waals surface area contributed by atoms with Crippen LogP contribution in [0.4, 0.5) is 5.69 Å². The number of carbonyl (C=O) groups is 2. The number of anilines is 1. The van der Waals surface area contributed by atoms with Crippen LogP contribution < -0.4 is 5.32 Å². The lowest BCUT2D eigenvalue weighted by molar-refractivity contribution is 0.0737. The molecule has 3 rings (SSSR count).